The number of aromatic nitrogens is 4. The Labute approximate surface area is 207 Å². The first-order chi connectivity index (χ1) is 16.9. The highest BCUT2D eigenvalue weighted by Gasteiger charge is 2.24. The zero-order valence-corrected chi connectivity index (χ0v) is 19.8. The molecule has 0 radical (unpaired) electrons. The SMILES string of the molecule is CC(C)(O)c1cc(F)c(-c2cc(C(N)=O)c(Nc3ccc(-c4cn(CC(=O)O)nn4)cn3)s2)c(F)c1. The van der Waals surface area contributed by atoms with Crippen molar-refractivity contribution in [2.24, 2.45) is 5.73 Å². The van der Waals surface area contributed by atoms with E-state index in [-0.39, 0.29) is 33.1 Å². The van der Waals surface area contributed by atoms with Crippen LogP contribution in [0.2, 0.25) is 0 Å². The quantitative estimate of drug-likeness (QED) is 0.278. The molecule has 0 aliphatic carbocycles. The van der Waals surface area contributed by atoms with Gasteiger partial charge < -0.3 is 21.3 Å². The number of aliphatic carboxylic acids is 1. The number of carboxylic acids is 1. The topological polar surface area (TPSA) is 156 Å². The van der Waals surface area contributed by atoms with Crippen LogP contribution in [0.5, 0.6) is 0 Å². The average Bonchev–Trinajstić information content (AvgIpc) is 3.40. The van der Waals surface area contributed by atoms with Crippen LogP contribution in [0.3, 0.4) is 0 Å². The molecule has 1 aromatic carbocycles. The Morgan fingerprint density at radius 2 is 1.89 bits per heavy atom. The zero-order chi connectivity index (χ0) is 26.2. The number of thiophene rings is 1. The van der Waals surface area contributed by atoms with Crippen LogP contribution in [-0.4, -0.2) is 42.1 Å². The second-order valence-electron chi connectivity index (χ2n) is 8.34. The van der Waals surface area contributed by atoms with Gasteiger partial charge in [-0.3, -0.25) is 9.59 Å². The number of halogens is 2. The Balaban J connectivity index is 1.62. The highest BCUT2D eigenvalue weighted by atomic mass is 32.1. The third-order valence-electron chi connectivity index (χ3n) is 5.13. The minimum Gasteiger partial charge on any atom is -0.480 e. The molecular weight excluding hydrogens is 494 g/mol. The maximum absolute atomic E-state index is 14.8. The number of carboxylic acid groups (broad SMARTS) is 1. The smallest absolute Gasteiger partial charge is 0.325 e. The number of nitrogens with one attached hydrogen (secondary N) is 1. The fraction of sp³-hybridized carbons (Fsp3) is 0.174. The number of nitrogens with zero attached hydrogens (tertiary/aromatic N) is 4. The van der Waals surface area contributed by atoms with E-state index in [0.717, 1.165) is 23.5 Å². The highest BCUT2D eigenvalue weighted by molar-refractivity contribution is 7.20. The van der Waals surface area contributed by atoms with Crippen LogP contribution in [0, 0.1) is 11.6 Å². The van der Waals surface area contributed by atoms with Gasteiger partial charge in [0.2, 0.25) is 0 Å². The summed E-state index contributed by atoms with van der Waals surface area (Å²) in [4.78, 5) is 27.2. The number of benzene rings is 1. The van der Waals surface area contributed by atoms with Gasteiger partial charge in [0.1, 0.15) is 34.7 Å². The van der Waals surface area contributed by atoms with Crippen LogP contribution >= 0.6 is 11.3 Å². The summed E-state index contributed by atoms with van der Waals surface area (Å²) in [6.07, 6.45) is 2.92. The molecule has 3 aromatic heterocycles. The first-order valence-corrected chi connectivity index (χ1v) is 11.3. The molecule has 4 aromatic rings. The van der Waals surface area contributed by atoms with Crippen LogP contribution < -0.4 is 11.1 Å². The maximum Gasteiger partial charge on any atom is 0.325 e. The van der Waals surface area contributed by atoms with Gasteiger partial charge in [0.15, 0.2) is 0 Å². The summed E-state index contributed by atoms with van der Waals surface area (Å²) in [5.41, 5.74) is 4.75. The lowest BCUT2D eigenvalue weighted by molar-refractivity contribution is -0.137. The van der Waals surface area contributed by atoms with Crippen molar-refractivity contribution in [3.8, 4) is 21.7 Å². The molecule has 13 heteroatoms. The third-order valence-corrected chi connectivity index (χ3v) is 6.20. The van der Waals surface area contributed by atoms with Gasteiger partial charge in [0.05, 0.1) is 22.9 Å². The monoisotopic (exact) mass is 514 g/mol. The summed E-state index contributed by atoms with van der Waals surface area (Å²) in [7, 11) is 0. The van der Waals surface area contributed by atoms with Crippen molar-refractivity contribution in [2.45, 2.75) is 26.0 Å². The van der Waals surface area contributed by atoms with Gasteiger partial charge >= 0.3 is 5.97 Å². The Hall–Kier alpha value is -4.23. The van der Waals surface area contributed by atoms with Gasteiger partial charge in [-0.2, -0.15) is 0 Å². The first kappa shape index (κ1) is 24.9. The van der Waals surface area contributed by atoms with E-state index in [0.29, 0.717) is 17.1 Å². The van der Waals surface area contributed by atoms with Gasteiger partial charge in [-0.25, -0.2) is 18.4 Å². The summed E-state index contributed by atoms with van der Waals surface area (Å²) in [6.45, 7) is 2.49. The largest absolute Gasteiger partial charge is 0.480 e. The van der Waals surface area contributed by atoms with E-state index in [1.54, 1.807) is 12.1 Å². The van der Waals surface area contributed by atoms with E-state index in [4.69, 9.17) is 10.8 Å². The fourth-order valence-electron chi connectivity index (χ4n) is 3.33. The Bertz CT molecular complexity index is 1440. The predicted octanol–water partition coefficient (Wildman–Crippen LogP) is 3.50. The standard InChI is InChI=1S/C23H20F2N6O4S/c1-23(2,35)12-5-14(24)20(15(25)6-12)17-7-13(21(26)34)22(36-17)28-18-4-3-11(8-27-18)16-9-31(30-29-16)10-19(32)33/h3-9,35H,10H2,1-2H3,(H2,26,34)(H,27,28)(H,32,33). The van der Waals surface area contributed by atoms with Crippen molar-refractivity contribution in [3.05, 3.63) is 65.5 Å². The van der Waals surface area contributed by atoms with Crippen LogP contribution in [-0.2, 0) is 16.9 Å². The Morgan fingerprint density at radius 3 is 2.44 bits per heavy atom. The van der Waals surface area contributed by atoms with Crippen molar-refractivity contribution in [1.29, 1.82) is 0 Å². The van der Waals surface area contributed by atoms with Crippen molar-refractivity contribution in [3.63, 3.8) is 0 Å². The molecule has 186 valence electrons. The minimum atomic E-state index is -1.44. The summed E-state index contributed by atoms with van der Waals surface area (Å²) in [5, 5.41) is 29.7. The molecule has 0 saturated carbocycles. The van der Waals surface area contributed by atoms with E-state index < -0.39 is 29.1 Å². The Morgan fingerprint density at radius 1 is 1.19 bits per heavy atom. The molecule has 36 heavy (non-hydrogen) atoms. The highest BCUT2D eigenvalue weighted by Crippen LogP contribution is 2.40. The van der Waals surface area contributed by atoms with E-state index in [9.17, 15) is 23.5 Å². The number of hydrogen-bond donors (Lipinski definition) is 4. The second kappa shape index (κ2) is 9.43. The normalized spacial score (nSPS) is 11.5. The van der Waals surface area contributed by atoms with Gasteiger partial charge in [0.25, 0.3) is 5.91 Å². The number of anilines is 2. The van der Waals surface area contributed by atoms with Gasteiger partial charge in [-0.15, -0.1) is 16.4 Å². The van der Waals surface area contributed by atoms with Crippen LogP contribution in [0.1, 0.15) is 29.8 Å². The molecule has 0 spiro atoms. The van der Waals surface area contributed by atoms with Gasteiger partial charge in [0, 0.05) is 16.6 Å². The fourth-order valence-corrected chi connectivity index (χ4v) is 4.45. The lowest BCUT2D eigenvalue weighted by Gasteiger charge is -2.18. The van der Waals surface area contributed by atoms with Crippen LogP contribution in [0.15, 0.2) is 42.7 Å². The minimum absolute atomic E-state index is 0.0165. The number of primary amides is 1. The van der Waals surface area contributed by atoms with Gasteiger partial charge in [-0.05, 0) is 49.7 Å². The molecule has 0 fully saturated rings. The molecule has 0 saturated heterocycles. The summed E-state index contributed by atoms with van der Waals surface area (Å²) in [5.74, 6) is -3.34. The van der Waals surface area contributed by atoms with E-state index >= 15 is 0 Å². The zero-order valence-electron chi connectivity index (χ0n) is 19.0. The number of nitrogens with two attached hydrogens (primary N) is 1. The summed E-state index contributed by atoms with van der Waals surface area (Å²) < 4.78 is 30.8. The van der Waals surface area contributed by atoms with Crippen molar-refractivity contribution in [2.75, 3.05) is 5.32 Å². The molecule has 3 heterocycles. The molecule has 5 N–H and O–H groups in total. The number of aliphatic hydroxyl groups is 1. The van der Waals surface area contributed by atoms with Crippen molar-refractivity contribution in [1.82, 2.24) is 20.0 Å². The predicted molar refractivity (Wildman–Crippen MR) is 128 cm³/mol. The lowest BCUT2D eigenvalue weighted by atomic mass is 9.96. The molecule has 0 aliphatic heterocycles. The number of pyridine rings is 1. The van der Waals surface area contributed by atoms with Crippen LogP contribution in [0.4, 0.5) is 19.6 Å². The van der Waals surface area contributed by atoms with E-state index in [1.165, 1.54) is 37.0 Å². The van der Waals surface area contributed by atoms with Gasteiger partial charge in [-0.1, -0.05) is 5.21 Å². The number of amides is 1. The number of carbonyl (C=O) groups is 2. The molecule has 0 bridgehead atoms. The molecule has 1 amide bonds. The average molecular weight is 515 g/mol. The molecule has 0 unspecified atom stereocenters. The van der Waals surface area contributed by atoms with E-state index in [2.05, 4.69) is 20.6 Å². The first-order valence-electron chi connectivity index (χ1n) is 10.4. The molecule has 10 nitrogen and oxygen atoms in total. The lowest BCUT2D eigenvalue weighted by Crippen LogP contribution is -2.16. The number of rotatable bonds is 8. The van der Waals surface area contributed by atoms with E-state index in [1.807, 2.05) is 0 Å². The van der Waals surface area contributed by atoms with Crippen molar-refractivity contribution < 1.29 is 28.6 Å². The van der Waals surface area contributed by atoms with Crippen molar-refractivity contribution >= 4 is 34.0 Å². The summed E-state index contributed by atoms with van der Waals surface area (Å²) >= 11 is 0.911. The van der Waals surface area contributed by atoms with Crippen LogP contribution in [0.25, 0.3) is 21.7 Å². The number of carbonyl (C=O) groups excluding carboxylic acids is 1. The molecule has 0 atom stereocenters. The molecule has 0 aliphatic rings. The number of hydrogen-bond acceptors (Lipinski definition) is 8. The summed E-state index contributed by atoms with van der Waals surface area (Å²) in [6, 6.07) is 6.60. The Kier molecular flexibility index (Phi) is 6.52. The maximum atomic E-state index is 14.8. The third kappa shape index (κ3) is 5.21. The second-order valence-corrected chi connectivity index (χ2v) is 9.40. The molecular formula is C23H20F2N6O4S. The molecule has 4 rings (SSSR count).